The largest absolute Gasteiger partial charge is 0.366 e. The summed E-state index contributed by atoms with van der Waals surface area (Å²) in [6.07, 6.45) is 0. The van der Waals surface area contributed by atoms with Crippen LogP contribution in [0.3, 0.4) is 0 Å². The van der Waals surface area contributed by atoms with Crippen molar-refractivity contribution in [1.82, 2.24) is 9.97 Å². The number of fused-ring (bicyclic) bond motifs is 1. The lowest BCUT2D eigenvalue weighted by molar-refractivity contribution is 1.12. The number of aromatic nitrogens is 2. The van der Waals surface area contributed by atoms with Gasteiger partial charge in [0.15, 0.2) is 0 Å². The Kier molecular flexibility index (Phi) is 3.74. The maximum absolute atomic E-state index is 4.68. The summed E-state index contributed by atoms with van der Waals surface area (Å²) in [6.45, 7) is 0.768. The molecule has 2 heterocycles. The first kappa shape index (κ1) is 13.9. The zero-order valence-electron chi connectivity index (χ0n) is 12.4. The van der Waals surface area contributed by atoms with Gasteiger partial charge in [0.25, 0.3) is 0 Å². The van der Waals surface area contributed by atoms with Gasteiger partial charge < -0.3 is 5.32 Å². The molecule has 0 aliphatic rings. The summed E-state index contributed by atoms with van der Waals surface area (Å²) in [6, 6.07) is 24.6. The number of pyridine rings is 1. The number of thiazole rings is 1. The quantitative estimate of drug-likeness (QED) is 0.577. The molecular weight excluding hydrogens is 302 g/mol. The third kappa shape index (κ3) is 3.07. The molecule has 0 atom stereocenters. The average molecular weight is 317 g/mol. The summed E-state index contributed by atoms with van der Waals surface area (Å²) in [4.78, 5) is 10.3. The lowest BCUT2D eigenvalue weighted by Gasteiger charge is -2.04. The average Bonchev–Trinajstić information content (AvgIpc) is 3.05. The Morgan fingerprint density at radius 3 is 2.30 bits per heavy atom. The first-order valence-electron chi connectivity index (χ1n) is 7.49. The molecule has 0 aliphatic carbocycles. The van der Waals surface area contributed by atoms with E-state index in [0.29, 0.717) is 0 Å². The molecule has 112 valence electrons. The summed E-state index contributed by atoms with van der Waals surface area (Å²) < 4.78 is 0. The Labute approximate surface area is 138 Å². The smallest absolute Gasteiger partial charge is 0.146 e. The van der Waals surface area contributed by atoms with Gasteiger partial charge in [0.2, 0.25) is 0 Å². The van der Waals surface area contributed by atoms with Crippen molar-refractivity contribution in [3.63, 3.8) is 0 Å². The van der Waals surface area contributed by atoms with Crippen LogP contribution in [0.1, 0.15) is 5.56 Å². The third-order valence-electron chi connectivity index (χ3n) is 3.59. The van der Waals surface area contributed by atoms with Gasteiger partial charge in [-0.3, -0.25) is 0 Å². The zero-order valence-corrected chi connectivity index (χ0v) is 13.3. The molecule has 0 saturated heterocycles. The Morgan fingerprint density at radius 2 is 1.52 bits per heavy atom. The molecule has 4 rings (SSSR count). The number of nitrogens with zero attached hydrogens (tertiary/aromatic N) is 2. The van der Waals surface area contributed by atoms with E-state index < -0.39 is 0 Å². The van der Waals surface area contributed by atoms with Crippen molar-refractivity contribution in [2.24, 2.45) is 0 Å². The monoisotopic (exact) mass is 317 g/mol. The van der Waals surface area contributed by atoms with E-state index in [9.17, 15) is 0 Å². The van der Waals surface area contributed by atoms with Crippen molar-refractivity contribution in [3.8, 4) is 10.6 Å². The minimum atomic E-state index is 0.768. The van der Waals surface area contributed by atoms with Gasteiger partial charge in [-0.15, -0.1) is 0 Å². The second-order valence-electron chi connectivity index (χ2n) is 5.24. The van der Waals surface area contributed by atoms with E-state index >= 15 is 0 Å². The van der Waals surface area contributed by atoms with E-state index in [4.69, 9.17) is 0 Å². The fourth-order valence-corrected chi connectivity index (χ4v) is 3.35. The van der Waals surface area contributed by atoms with Crippen LogP contribution in [0.25, 0.3) is 20.9 Å². The van der Waals surface area contributed by atoms with Crippen LogP contribution in [-0.2, 0) is 6.54 Å². The molecule has 4 heteroatoms. The molecule has 0 fully saturated rings. The Hall–Kier alpha value is -2.72. The normalized spacial score (nSPS) is 10.8. The minimum absolute atomic E-state index is 0.768. The Morgan fingerprint density at radius 1 is 0.783 bits per heavy atom. The fourth-order valence-electron chi connectivity index (χ4n) is 2.41. The van der Waals surface area contributed by atoms with Crippen LogP contribution in [0.4, 0.5) is 5.82 Å². The summed E-state index contributed by atoms with van der Waals surface area (Å²) in [5.41, 5.74) is 3.32. The van der Waals surface area contributed by atoms with Crippen molar-refractivity contribution in [3.05, 3.63) is 78.4 Å². The van der Waals surface area contributed by atoms with E-state index in [-0.39, 0.29) is 0 Å². The maximum Gasteiger partial charge on any atom is 0.146 e. The van der Waals surface area contributed by atoms with Crippen LogP contribution in [0.5, 0.6) is 0 Å². The van der Waals surface area contributed by atoms with Crippen molar-refractivity contribution in [2.75, 3.05) is 5.32 Å². The van der Waals surface area contributed by atoms with Gasteiger partial charge in [0, 0.05) is 12.1 Å². The van der Waals surface area contributed by atoms with Gasteiger partial charge in [-0.2, -0.15) is 0 Å². The summed E-state index contributed by atoms with van der Waals surface area (Å²) in [7, 11) is 0. The van der Waals surface area contributed by atoms with E-state index in [1.165, 1.54) is 5.56 Å². The highest BCUT2D eigenvalue weighted by Gasteiger charge is 2.07. The number of hydrogen-bond donors (Lipinski definition) is 1. The molecule has 2 aromatic carbocycles. The summed E-state index contributed by atoms with van der Waals surface area (Å²) in [5, 5.41) is 4.38. The first-order chi connectivity index (χ1) is 11.4. The molecule has 23 heavy (non-hydrogen) atoms. The third-order valence-corrected chi connectivity index (χ3v) is 4.61. The molecule has 0 spiro atoms. The molecule has 2 aromatic heterocycles. The lowest BCUT2D eigenvalue weighted by atomic mass is 10.2. The molecule has 0 saturated carbocycles. The van der Waals surface area contributed by atoms with Crippen LogP contribution < -0.4 is 5.32 Å². The molecule has 1 N–H and O–H groups in total. The second kappa shape index (κ2) is 6.18. The highest BCUT2D eigenvalue weighted by atomic mass is 32.1. The van der Waals surface area contributed by atoms with E-state index in [0.717, 1.165) is 33.3 Å². The van der Waals surface area contributed by atoms with Gasteiger partial charge in [-0.05, 0) is 17.7 Å². The van der Waals surface area contributed by atoms with Crippen molar-refractivity contribution in [2.45, 2.75) is 6.54 Å². The number of nitrogens with one attached hydrogen (secondary N) is 1. The van der Waals surface area contributed by atoms with E-state index in [2.05, 4.69) is 39.6 Å². The number of anilines is 1. The van der Waals surface area contributed by atoms with E-state index in [1.54, 1.807) is 11.3 Å². The molecule has 0 amide bonds. The molecule has 0 radical (unpaired) electrons. The predicted octanol–water partition coefficient (Wildman–Crippen LogP) is 4.97. The van der Waals surface area contributed by atoms with Gasteiger partial charge in [-0.25, -0.2) is 9.97 Å². The molecule has 0 aliphatic heterocycles. The Bertz CT molecular complexity index is 917. The number of benzene rings is 2. The Balaban J connectivity index is 1.58. The predicted molar refractivity (Wildman–Crippen MR) is 96.6 cm³/mol. The fraction of sp³-hybridized carbons (Fsp3) is 0.0526. The van der Waals surface area contributed by atoms with Gasteiger partial charge in [0.1, 0.15) is 21.2 Å². The second-order valence-corrected chi connectivity index (χ2v) is 6.22. The van der Waals surface area contributed by atoms with Gasteiger partial charge in [0.05, 0.1) is 0 Å². The molecule has 0 bridgehead atoms. The van der Waals surface area contributed by atoms with Crippen LogP contribution in [0.15, 0.2) is 72.8 Å². The minimum Gasteiger partial charge on any atom is -0.366 e. The highest BCUT2D eigenvalue weighted by Crippen LogP contribution is 2.29. The summed E-state index contributed by atoms with van der Waals surface area (Å²) >= 11 is 1.62. The molecular formula is C19H15N3S. The van der Waals surface area contributed by atoms with Crippen molar-refractivity contribution in [1.29, 1.82) is 0 Å². The van der Waals surface area contributed by atoms with Crippen molar-refractivity contribution >= 4 is 27.5 Å². The summed E-state index contributed by atoms with van der Waals surface area (Å²) in [5.74, 6) is 0.879. The topological polar surface area (TPSA) is 37.8 Å². The molecule has 0 unspecified atom stereocenters. The van der Waals surface area contributed by atoms with Crippen LogP contribution >= 0.6 is 11.3 Å². The maximum atomic E-state index is 4.68. The molecule has 4 aromatic rings. The molecule has 3 nitrogen and oxygen atoms in total. The van der Waals surface area contributed by atoms with Crippen LogP contribution in [0.2, 0.25) is 0 Å². The first-order valence-corrected chi connectivity index (χ1v) is 8.31. The lowest BCUT2D eigenvalue weighted by Crippen LogP contribution is -2.00. The van der Waals surface area contributed by atoms with Crippen LogP contribution in [0, 0.1) is 0 Å². The standard InChI is InChI=1S/C19H15N3S/c1-3-7-14(8-4-1)13-20-17-12-11-16-19(22-17)23-18(21-16)15-9-5-2-6-10-15/h1-12H,13H2,(H,20,22). The van der Waals surface area contributed by atoms with Crippen molar-refractivity contribution < 1.29 is 0 Å². The van der Waals surface area contributed by atoms with E-state index in [1.807, 2.05) is 48.5 Å². The highest BCUT2D eigenvalue weighted by molar-refractivity contribution is 7.21. The van der Waals surface area contributed by atoms with Gasteiger partial charge in [-0.1, -0.05) is 72.0 Å². The van der Waals surface area contributed by atoms with Crippen LogP contribution in [-0.4, -0.2) is 9.97 Å². The van der Waals surface area contributed by atoms with Gasteiger partial charge >= 0.3 is 0 Å². The number of hydrogen-bond acceptors (Lipinski definition) is 4. The zero-order chi connectivity index (χ0) is 15.5. The number of rotatable bonds is 4. The SMILES string of the molecule is c1ccc(CNc2ccc3nc(-c4ccccc4)sc3n2)cc1.